The Labute approximate surface area is 120 Å². The summed E-state index contributed by atoms with van der Waals surface area (Å²) in [5.74, 6) is -0.721. The van der Waals surface area contributed by atoms with Crippen LogP contribution in [0.4, 0.5) is 9.57 Å². The van der Waals surface area contributed by atoms with Crippen LogP contribution in [-0.4, -0.2) is 29.1 Å². The normalized spacial score (nSPS) is 11.1. The maximum Gasteiger partial charge on any atom is 0.488 e. The van der Waals surface area contributed by atoms with E-state index in [9.17, 15) is 17.1 Å². The summed E-state index contributed by atoms with van der Waals surface area (Å²) in [5.41, 5.74) is 0.358. The minimum atomic E-state index is -5.07. The minimum Gasteiger partial charge on any atom is -0.358 e. The number of carbonyl (C=O) groups is 1. The van der Waals surface area contributed by atoms with E-state index < -0.39 is 16.4 Å². The summed E-state index contributed by atoms with van der Waals surface area (Å²) in [6.07, 6.45) is 1.43. The van der Waals surface area contributed by atoms with E-state index in [2.05, 4.69) is 19.6 Å². The Balaban J connectivity index is 2.04. The van der Waals surface area contributed by atoms with Gasteiger partial charge in [-0.3, -0.25) is 9.48 Å². The lowest BCUT2D eigenvalue weighted by atomic mass is 10.3. The molecule has 112 valence electrons. The summed E-state index contributed by atoms with van der Waals surface area (Å²) in [6, 6.07) is 5.11. The summed E-state index contributed by atoms with van der Waals surface area (Å²) >= 11 is 0. The molecule has 0 aliphatic carbocycles. The average Bonchev–Trinajstić information content (AvgIpc) is 2.88. The van der Waals surface area contributed by atoms with Crippen LogP contribution in [0, 0.1) is 0 Å². The van der Waals surface area contributed by atoms with E-state index in [1.807, 2.05) is 6.92 Å². The molecule has 1 amide bonds. The van der Waals surface area contributed by atoms with Crippen LogP contribution >= 0.6 is 0 Å². The van der Waals surface area contributed by atoms with Crippen molar-refractivity contribution in [3.8, 4) is 5.75 Å². The molecule has 1 aromatic heterocycles. The van der Waals surface area contributed by atoms with Gasteiger partial charge in [0, 0.05) is 12.2 Å². The van der Waals surface area contributed by atoms with Gasteiger partial charge >= 0.3 is 10.5 Å². The van der Waals surface area contributed by atoms with Gasteiger partial charge in [0.2, 0.25) is 5.82 Å². The first-order chi connectivity index (χ1) is 9.87. The van der Waals surface area contributed by atoms with E-state index in [0.717, 1.165) is 0 Å². The molecule has 10 heteroatoms. The van der Waals surface area contributed by atoms with Crippen molar-refractivity contribution >= 4 is 22.1 Å². The fourth-order valence-electron chi connectivity index (χ4n) is 1.45. The standard InChI is InChI=1S/C11H11FN4O4S/c1-2-16-7-13-10(15-16)11(17)14-8-3-5-9(6-4-8)20-21(12,18)19/h3-7H,2H2,1H3,(H,14,17). The van der Waals surface area contributed by atoms with Gasteiger partial charge in [0.05, 0.1) is 0 Å². The number of carbonyl (C=O) groups excluding carboxylic acids is 1. The van der Waals surface area contributed by atoms with Crippen molar-refractivity contribution in [2.75, 3.05) is 5.32 Å². The number of hydrogen-bond acceptors (Lipinski definition) is 6. The number of aryl methyl sites for hydroxylation is 1. The Bertz CT molecular complexity index is 742. The highest BCUT2D eigenvalue weighted by Crippen LogP contribution is 2.18. The molecule has 0 radical (unpaired) electrons. The second-order valence-corrected chi connectivity index (χ2v) is 4.83. The van der Waals surface area contributed by atoms with Crippen LogP contribution in [0.1, 0.15) is 17.5 Å². The molecule has 0 bridgehead atoms. The number of amides is 1. The van der Waals surface area contributed by atoms with Crippen molar-refractivity contribution < 1.29 is 21.3 Å². The molecule has 0 unspecified atom stereocenters. The first kappa shape index (κ1) is 14.9. The quantitative estimate of drug-likeness (QED) is 0.830. The maximum atomic E-state index is 12.3. The molecular weight excluding hydrogens is 303 g/mol. The Morgan fingerprint density at radius 2 is 2.05 bits per heavy atom. The second kappa shape index (κ2) is 5.87. The third-order valence-electron chi connectivity index (χ3n) is 2.37. The highest BCUT2D eigenvalue weighted by Gasteiger charge is 2.12. The van der Waals surface area contributed by atoms with Gasteiger partial charge in [0.15, 0.2) is 0 Å². The van der Waals surface area contributed by atoms with Crippen molar-refractivity contribution in [3.63, 3.8) is 0 Å². The number of nitrogens with one attached hydrogen (secondary N) is 1. The fraction of sp³-hybridized carbons (Fsp3) is 0.182. The van der Waals surface area contributed by atoms with Gasteiger partial charge in [0.25, 0.3) is 5.91 Å². The number of rotatable bonds is 5. The molecule has 2 aromatic rings. The molecule has 2 rings (SSSR count). The lowest BCUT2D eigenvalue weighted by Crippen LogP contribution is -2.14. The number of anilines is 1. The van der Waals surface area contributed by atoms with Gasteiger partial charge in [-0.2, -0.15) is 8.42 Å². The second-order valence-electron chi connectivity index (χ2n) is 3.88. The smallest absolute Gasteiger partial charge is 0.358 e. The average molecular weight is 314 g/mol. The van der Waals surface area contributed by atoms with Crippen molar-refractivity contribution in [2.45, 2.75) is 13.5 Å². The summed E-state index contributed by atoms with van der Waals surface area (Å²) in [6.45, 7) is 2.44. The highest BCUT2D eigenvalue weighted by atomic mass is 32.3. The van der Waals surface area contributed by atoms with E-state index in [-0.39, 0.29) is 11.6 Å². The molecule has 0 spiro atoms. The van der Waals surface area contributed by atoms with E-state index in [0.29, 0.717) is 12.2 Å². The van der Waals surface area contributed by atoms with E-state index >= 15 is 0 Å². The Hall–Kier alpha value is -2.49. The van der Waals surface area contributed by atoms with Gasteiger partial charge in [-0.25, -0.2) is 4.98 Å². The number of halogens is 1. The number of benzene rings is 1. The molecule has 1 heterocycles. The largest absolute Gasteiger partial charge is 0.488 e. The summed E-state index contributed by atoms with van der Waals surface area (Å²) in [5, 5.41) is 6.44. The SMILES string of the molecule is CCn1cnc(C(=O)Nc2ccc(OS(=O)(=O)F)cc2)n1. The molecule has 1 aromatic carbocycles. The zero-order chi connectivity index (χ0) is 15.5. The van der Waals surface area contributed by atoms with Crippen LogP contribution in [0.15, 0.2) is 30.6 Å². The molecule has 0 aliphatic heterocycles. The summed E-state index contributed by atoms with van der Waals surface area (Å²) < 4.78 is 38.4. The van der Waals surface area contributed by atoms with Gasteiger partial charge in [-0.1, -0.05) is 3.89 Å². The molecule has 21 heavy (non-hydrogen) atoms. The van der Waals surface area contributed by atoms with Crippen LogP contribution in [0.2, 0.25) is 0 Å². The van der Waals surface area contributed by atoms with Crippen LogP contribution in [0.5, 0.6) is 5.75 Å². The highest BCUT2D eigenvalue weighted by molar-refractivity contribution is 7.81. The molecular formula is C11H11FN4O4S. The Morgan fingerprint density at radius 3 is 2.57 bits per heavy atom. The third kappa shape index (κ3) is 4.24. The zero-order valence-electron chi connectivity index (χ0n) is 10.9. The number of hydrogen-bond donors (Lipinski definition) is 1. The van der Waals surface area contributed by atoms with Crippen molar-refractivity contribution in [3.05, 3.63) is 36.4 Å². The summed E-state index contributed by atoms with van der Waals surface area (Å²) in [7, 11) is -5.07. The molecule has 0 saturated heterocycles. The van der Waals surface area contributed by atoms with E-state index in [1.165, 1.54) is 35.3 Å². The van der Waals surface area contributed by atoms with E-state index in [1.54, 1.807) is 0 Å². The molecule has 8 nitrogen and oxygen atoms in total. The number of aromatic nitrogens is 3. The lowest BCUT2D eigenvalue weighted by Gasteiger charge is -2.04. The van der Waals surface area contributed by atoms with Gasteiger partial charge in [-0.15, -0.1) is 5.10 Å². The predicted molar refractivity (Wildman–Crippen MR) is 70.7 cm³/mol. The molecule has 0 aliphatic rings. The Morgan fingerprint density at radius 1 is 1.38 bits per heavy atom. The minimum absolute atomic E-state index is 0.00325. The van der Waals surface area contributed by atoms with Crippen LogP contribution < -0.4 is 9.50 Å². The Kier molecular flexibility index (Phi) is 4.17. The van der Waals surface area contributed by atoms with Crippen LogP contribution in [-0.2, 0) is 17.0 Å². The molecule has 0 saturated carbocycles. The maximum absolute atomic E-state index is 12.3. The van der Waals surface area contributed by atoms with Crippen molar-refractivity contribution in [2.24, 2.45) is 0 Å². The molecule has 0 atom stereocenters. The van der Waals surface area contributed by atoms with Crippen molar-refractivity contribution in [1.82, 2.24) is 14.8 Å². The monoisotopic (exact) mass is 314 g/mol. The topological polar surface area (TPSA) is 103 Å². The summed E-state index contributed by atoms with van der Waals surface area (Å²) in [4.78, 5) is 15.7. The first-order valence-corrected chi connectivity index (χ1v) is 7.13. The predicted octanol–water partition coefficient (Wildman–Crippen LogP) is 1.14. The van der Waals surface area contributed by atoms with Gasteiger partial charge < -0.3 is 9.50 Å². The first-order valence-electron chi connectivity index (χ1n) is 5.82. The third-order valence-corrected chi connectivity index (χ3v) is 2.76. The molecule has 0 fully saturated rings. The van der Waals surface area contributed by atoms with Gasteiger partial charge in [0.1, 0.15) is 12.1 Å². The van der Waals surface area contributed by atoms with Crippen LogP contribution in [0.25, 0.3) is 0 Å². The fourth-order valence-corrected chi connectivity index (χ4v) is 1.79. The zero-order valence-corrected chi connectivity index (χ0v) is 11.7. The number of nitrogens with zero attached hydrogens (tertiary/aromatic N) is 3. The lowest BCUT2D eigenvalue weighted by molar-refractivity contribution is 0.101. The van der Waals surface area contributed by atoms with Crippen molar-refractivity contribution in [1.29, 1.82) is 0 Å². The van der Waals surface area contributed by atoms with Crippen LogP contribution in [0.3, 0.4) is 0 Å². The van der Waals surface area contributed by atoms with E-state index in [4.69, 9.17) is 0 Å². The molecule has 1 N–H and O–H groups in total. The van der Waals surface area contributed by atoms with Gasteiger partial charge in [-0.05, 0) is 31.2 Å².